The van der Waals surface area contributed by atoms with Crippen LogP contribution in [0.4, 0.5) is 17.1 Å². The monoisotopic (exact) mass is 289 g/mol. The second-order valence-corrected chi connectivity index (χ2v) is 6.23. The van der Waals surface area contributed by atoms with Crippen molar-refractivity contribution in [2.75, 3.05) is 30.0 Å². The Bertz CT molecular complexity index is 627. The van der Waals surface area contributed by atoms with Crippen LogP contribution in [0, 0.1) is 13.8 Å². The van der Waals surface area contributed by atoms with Gasteiger partial charge in [0, 0.05) is 36.0 Å². The van der Waals surface area contributed by atoms with E-state index in [1.54, 1.807) is 6.07 Å². The van der Waals surface area contributed by atoms with E-state index in [2.05, 4.69) is 5.32 Å². The van der Waals surface area contributed by atoms with Crippen LogP contribution in [-0.4, -0.2) is 20.0 Å². The molecule has 0 unspecified atom stereocenters. The quantitative estimate of drug-likeness (QED) is 0.911. The summed E-state index contributed by atoms with van der Waals surface area (Å²) in [6.07, 6.45) is 0. The molecule has 20 heavy (non-hydrogen) atoms. The number of aryl methyl sites for hydroxylation is 2. The van der Waals surface area contributed by atoms with E-state index in [0.717, 1.165) is 16.3 Å². The Morgan fingerprint density at radius 2 is 1.95 bits per heavy atom. The highest BCUT2D eigenvalue weighted by atomic mass is 32.1. The van der Waals surface area contributed by atoms with Crippen LogP contribution in [0.3, 0.4) is 0 Å². The maximum Gasteiger partial charge on any atom is 0.265 e. The first-order valence-corrected chi connectivity index (χ1v) is 7.15. The SMILES string of the molecule is Cc1ccc(NC(=O)c2cc(N)c(C)s2)cc1N(C)C. The molecule has 0 atom stereocenters. The van der Waals surface area contributed by atoms with Gasteiger partial charge in [0.25, 0.3) is 5.91 Å². The van der Waals surface area contributed by atoms with E-state index in [9.17, 15) is 4.79 Å². The van der Waals surface area contributed by atoms with Gasteiger partial charge in [0.2, 0.25) is 0 Å². The molecule has 0 aliphatic rings. The van der Waals surface area contributed by atoms with Crippen LogP contribution < -0.4 is 16.0 Å². The molecule has 1 amide bonds. The predicted molar refractivity (Wildman–Crippen MR) is 86.9 cm³/mol. The average Bonchev–Trinajstić information content (AvgIpc) is 2.72. The fourth-order valence-corrected chi connectivity index (χ4v) is 2.81. The number of nitrogens with zero attached hydrogens (tertiary/aromatic N) is 1. The number of amides is 1. The van der Waals surface area contributed by atoms with Gasteiger partial charge in [-0.25, -0.2) is 0 Å². The third-order valence-electron chi connectivity index (χ3n) is 3.13. The maximum absolute atomic E-state index is 12.2. The highest BCUT2D eigenvalue weighted by molar-refractivity contribution is 7.14. The van der Waals surface area contributed by atoms with Gasteiger partial charge in [-0.2, -0.15) is 0 Å². The van der Waals surface area contributed by atoms with E-state index in [-0.39, 0.29) is 5.91 Å². The largest absolute Gasteiger partial charge is 0.398 e. The van der Waals surface area contributed by atoms with Gasteiger partial charge in [0.05, 0.1) is 4.88 Å². The van der Waals surface area contributed by atoms with Crippen LogP contribution in [-0.2, 0) is 0 Å². The van der Waals surface area contributed by atoms with E-state index in [0.29, 0.717) is 10.6 Å². The number of thiophene rings is 1. The first-order chi connectivity index (χ1) is 9.38. The summed E-state index contributed by atoms with van der Waals surface area (Å²) in [5.41, 5.74) is 9.49. The summed E-state index contributed by atoms with van der Waals surface area (Å²) in [5, 5.41) is 2.91. The number of nitrogens with one attached hydrogen (secondary N) is 1. The maximum atomic E-state index is 12.2. The van der Waals surface area contributed by atoms with E-state index >= 15 is 0 Å². The molecule has 1 aromatic heterocycles. The number of benzene rings is 1. The number of rotatable bonds is 3. The fourth-order valence-electron chi connectivity index (χ4n) is 1.97. The highest BCUT2D eigenvalue weighted by Gasteiger charge is 2.12. The second kappa shape index (κ2) is 5.54. The predicted octanol–water partition coefficient (Wildman–Crippen LogP) is 3.27. The van der Waals surface area contributed by atoms with Gasteiger partial charge in [0.1, 0.15) is 0 Å². The lowest BCUT2D eigenvalue weighted by atomic mass is 10.1. The molecule has 106 valence electrons. The summed E-state index contributed by atoms with van der Waals surface area (Å²) < 4.78 is 0. The third kappa shape index (κ3) is 2.93. The van der Waals surface area contributed by atoms with Crippen molar-refractivity contribution in [1.82, 2.24) is 0 Å². The number of nitrogens with two attached hydrogens (primary N) is 1. The standard InChI is InChI=1S/C15H19N3OS/c1-9-5-6-11(7-13(9)18(3)4)17-15(19)14-8-12(16)10(2)20-14/h5-8H,16H2,1-4H3,(H,17,19). The zero-order chi connectivity index (χ0) is 14.9. The van der Waals surface area contributed by atoms with Crippen LogP contribution in [0.15, 0.2) is 24.3 Å². The van der Waals surface area contributed by atoms with Crippen molar-refractivity contribution in [2.24, 2.45) is 0 Å². The van der Waals surface area contributed by atoms with Gasteiger partial charge in [-0.3, -0.25) is 4.79 Å². The van der Waals surface area contributed by atoms with Crippen molar-refractivity contribution >= 4 is 34.3 Å². The Labute approximate surface area is 123 Å². The van der Waals surface area contributed by atoms with Crippen molar-refractivity contribution in [3.05, 3.63) is 39.6 Å². The molecule has 0 spiro atoms. The molecule has 0 aliphatic heterocycles. The van der Waals surface area contributed by atoms with Crippen LogP contribution in [0.1, 0.15) is 20.1 Å². The van der Waals surface area contributed by atoms with Crippen molar-refractivity contribution in [3.63, 3.8) is 0 Å². The van der Waals surface area contributed by atoms with Crippen LogP contribution in [0.5, 0.6) is 0 Å². The Morgan fingerprint density at radius 1 is 1.25 bits per heavy atom. The summed E-state index contributed by atoms with van der Waals surface area (Å²) in [4.78, 5) is 15.8. The van der Waals surface area contributed by atoms with Gasteiger partial charge in [-0.1, -0.05) is 6.07 Å². The van der Waals surface area contributed by atoms with Gasteiger partial charge in [0.15, 0.2) is 0 Å². The van der Waals surface area contributed by atoms with Gasteiger partial charge in [-0.15, -0.1) is 11.3 Å². The molecule has 3 N–H and O–H groups in total. The summed E-state index contributed by atoms with van der Waals surface area (Å²) in [6.45, 7) is 3.96. The summed E-state index contributed by atoms with van der Waals surface area (Å²) in [5.74, 6) is -0.122. The summed E-state index contributed by atoms with van der Waals surface area (Å²) in [7, 11) is 3.97. The summed E-state index contributed by atoms with van der Waals surface area (Å²) >= 11 is 1.41. The molecule has 0 bridgehead atoms. The minimum atomic E-state index is -0.122. The van der Waals surface area contributed by atoms with E-state index in [1.165, 1.54) is 16.9 Å². The Kier molecular flexibility index (Phi) is 3.99. The first kappa shape index (κ1) is 14.4. The average molecular weight is 289 g/mol. The number of hydrogen-bond donors (Lipinski definition) is 2. The molecule has 0 fully saturated rings. The topological polar surface area (TPSA) is 58.4 Å². The molecule has 1 aromatic carbocycles. The molecule has 0 aliphatic carbocycles. The Balaban J connectivity index is 2.21. The van der Waals surface area contributed by atoms with Crippen molar-refractivity contribution in [3.8, 4) is 0 Å². The number of carbonyl (C=O) groups excluding carboxylic acids is 1. The number of nitrogen functional groups attached to an aromatic ring is 1. The first-order valence-electron chi connectivity index (χ1n) is 6.33. The molecule has 0 saturated heterocycles. The molecular formula is C15H19N3OS. The van der Waals surface area contributed by atoms with Gasteiger partial charge < -0.3 is 16.0 Å². The molecular weight excluding hydrogens is 270 g/mol. The van der Waals surface area contributed by atoms with Gasteiger partial charge in [-0.05, 0) is 37.6 Å². The molecule has 0 radical (unpaired) electrons. The van der Waals surface area contributed by atoms with Crippen LogP contribution in [0.2, 0.25) is 0 Å². The van der Waals surface area contributed by atoms with Crippen LogP contribution in [0.25, 0.3) is 0 Å². The zero-order valence-electron chi connectivity index (χ0n) is 12.2. The lowest BCUT2D eigenvalue weighted by molar-refractivity contribution is 0.103. The molecule has 2 rings (SSSR count). The summed E-state index contributed by atoms with van der Waals surface area (Å²) in [6, 6.07) is 7.59. The van der Waals surface area contributed by atoms with Crippen molar-refractivity contribution in [1.29, 1.82) is 0 Å². The fraction of sp³-hybridized carbons (Fsp3) is 0.267. The minimum Gasteiger partial charge on any atom is -0.398 e. The second-order valence-electron chi connectivity index (χ2n) is 4.97. The van der Waals surface area contributed by atoms with E-state index in [1.807, 2.05) is 51.0 Å². The Hall–Kier alpha value is -2.01. The minimum absolute atomic E-state index is 0.122. The number of anilines is 3. The highest BCUT2D eigenvalue weighted by Crippen LogP contribution is 2.26. The molecule has 1 heterocycles. The van der Waals surface area contributed by atoms with Crippen LogP contribution >= 0.6 is 11.3 Å². The molecule has 5 heteroatoms. The molecule has 4 nitrogen and oxygen atoms in total. The van der Waals surface area contributed by atoms with E-state index < -0.39 is 0 Å². The van der Waals surface area contributed by atoms with Crippen molar-refractivity contribution < 1.29 is 4.79 Å². The smallest absolute Gasteiger partial charge is 0.265 e. The Morgan fingerprint density at radius 3 is 2.50 bits per heavy atom. The lowest BCUT2D eigenvalue weighted by Gasteiger charge is -2.17. The number of carbonyl (C=O) groups is 1. The van der Waals surface area contributed by atoms with Crippen molar-refractivity contribution in [2.45, 2.75) is 13.8 Å². The normalized spacial score (nSPS) is 10.4. The molecule has 2 aromatic rings. The zero-order valence-corrected chi connectivity index (χ0v) is 13.0. The molecule has 0 saturated carbocycles. The van der Waals surface area contributed by atoms with Gasteiger partial charge >= 0.3 is 0 Å². The lowest BCUT2D eigenvalue weighted by Crippen LogP contribution is -2.13. The number of hydrogen-bond acceptors (Lipinski definition) is 4. The van der Waals surface area contributed by atoms with E-state index in [4.69, 9.17) is 5.73 Å². The third-order valence-corrected chi connectivity index (χ3v) is 4.19.